The molecule has 0 amide bonds. The minimum atomic E-state index is -3.39. The molecule has 110 valence electrons. The zero-order chi connectivity index (χ0) is 15.0. The molecule has 2 aromatic rings. The summed E-state index contributed by atoms with van der Waals surface area (Å²) in [6.45, 7) is 6.08. The van der Waals surface area contributed by atoms with Crippen LogP contribution in [0.4, 0.5) is 0 Å². The Kier molecular flexibility index (Phi) is 3.55. The van der Waals surface area contributed by atoms with E-state index >= 15 is 0 Å². The lowest BCUT2D eigenvalue weighted by Crippen LogP contribution is -2.28. The first-order valence-electron chi connectivity index (χ1n) is 6.91. The van der Waals surface area contributed by atoms with Gasteiger partial charge in [-0.2, -0.15) is 0 Å². The van der Waals surface area contributed by atoms with E-state index in [2.05, 4.69) is 11.6 Å². The molecule has 5 heteroatoms. The number of pyridine rings is 1. The number of nitrogens with zero attached hydrogens (tertiary/aromatic N) is 1. The lowest BCUT2D eigenvalue weighted by Gasteiger charge is -2.15. The van der Waals surface area contributed by atoms with Crippen LogP contribution >= 0.6 is 0 Å². The zero-order valence-electron chi connectivity index (χ0n) is 11.8. The number of sulfone groups is 1. The van der Waals surface area contributed by atoms with Crippen molar-refractivity contribution in [1.29, 1.82) is 0 Å². The maximum absolute atomic E-state index is 12.8. The Morgan fingerprint density at radius 3 is 2.86 bits per heavy atom. The molecule has 1 aromatic heterocycles. The second-order valence-electron chi connectivity index (χ2n) is 5.23. The topological polar surface area (TPSA) is 56.3 Å². The third kappa shape index (κ3) is 2.36. The maximum Gasteiger partial charge on any atom is 0.183 e. The van der Waals surface area contributed by atoms with E-state index in [1.54, 1.807) is 30.5 Å². The molecule has 0 radical (unpaired) electrons. The fourth-order valence-corrected chi connectivity index (χ4v) is 4.68. The number of hydrogen-bond donors (Lipinski definition) is 0. The van der Waals surface area contributed by atoms with Gasteiger partial charge in [-0.05, 0) is 43.2 Å². The normalized spacial score (nSPS) is 22.5. The van der Waals surface area contributed by atoms with E-state index in [0.717, 1.165) is 16.5 Å². The van der Waals surface area contributed by atoms with Crippen LogP contribution in [0.15, 0.2) is 41.9 Å². The molecule has 1 aromatic carbocycles. The Balaban J connectivity index is 2.14. The first kappa shape index (κ1) is 14.2. The molecular formula is C16H17NO3S. The van der Waals surface area contributed by atoms with Crippen LogP contribution in [0.1, 0.15) is 18.9 Å². The molecule has 1 saturated heterocycles. The second-order valence-corrected chi connectivity index (χ2v) is 7.40. The summed E-state index contributed by atoms with van der Waals surface area (Å²) >= 11 is 0. The molecule has 2 heterocycles. The molecule has 1 aliphatic heterocycles. The van der Waals surface area contributed by atoms with E-state index in [4.69, 9.17) is 4.74 Å². The quantitative estimate of drug-likeness (QED) is 0.875. The van der Waals surface area contributed by atoms with Crippen LogP contribution in [0, 0.1) is 0 Å². The Hall–Kier alpha value is -1.72. The highest BCUT2D eigenvalue weighted by Crippen LogP contribution is 2.29. The standard InChI is InChI=1S/C16H17NO3S/c1-3-12-6-8-17-15-5-4-13(10-14(12)15)21(18,19)16-7-9-20-11(16)2/h3-6,8,10-11,16H,1,7,9H2,2H3. The first-order chi connectivity index (χ1) is 10.0. The van der Waals surface area contributed by atoms with E-state index in [9.17, 15) is 8.42 Å². The van der Waals surface area contributed by atoms with Crippen molar-refractivity contribution in [3.05, 3.63) is 42.6 Å². The summed E-state index contributed by atoms with van der Waals surface area (Å²) < 4.78 is 30.9. The third-order valence-electron chi connectivity index (χ3n) is 4.00. The lowest BCUT2D eigenvalue weighted by atomic mass is 10.1. The van der Waals surface area contributed by atoms with Crippen molar-refractivity contribution in [2.24, 2.45) is 0 Å². The monoisotopic (exact) mass is 303 g/mol. The van der Waals surface area contributed by atoms with Crippen LogP contribution in [0.3, 0.4) is 0 Å². The fraction of sp³-hybridized carbons (Fsp3) is 0.312. The molecule has 0 saturated carbocycles. The van der Waals surface area contributed by atoms with Crippen molar-refractivity contribution in [3.8, 4) is 0 Å². The smallest absolute Gasteiger partial charge is 0.183 e. The number of ether oxygens (including phenoxy) is 1. The van der Waals surface area contributed by atoms with Gasteiger partial charge in [-0.3, -0.25) is 4.98 Å². The molecule has 1 aliphatic rings. The highest BCUT2D eigenvalue weighted by Gasteiger charge is 2.36. The number of hydrogen-bond acceptors (Lipinski definition) is 4. The summed E-state index contributed by atoms with van der Waals surface area (Å²) in [6, 6.07) is 6.89. The maximum atomic E-state index is 12.8. The van der Waals surface area contributed by atoms with Crippen molar-refractivity contribution in [1.82, 2.24) is 4.98 Å². The van der Waals surface area contributed by atoms with Crippen LogP contribution in [-0.4, -0.2) is 31.4 Å². The van der Waals surface area contributed by atoms with Gasteiger partial charge < -0.3 is 4.74 Å². The highest BCUT2D eigenvalue weighted by atomic mass is 32.2. The predicted molar refractivity (Wildman–Crippen MR) is 82.8 cm³/mol. The number of benzene rings is 1. The van der Waals surface area contributed by atoms with Gasteiger partial charge in [-0.1, -0.05) is 12.7 Å². The summed E-state index contributed by atoms with van der Waals surface area (Å²) in [4.78, 5) is 4.59. The number of fused-ring (bicyclic) bond motifs is 1. The Morgan fingerprint density at radius 1 is 1.38 bits per heavy atom. The van der Waals surface area contributed by atoms with Gasteiger partial charge in [0.15, 0.2) is 9.84 Å². The van der Waals surface area contributed by atoms with E-state index in [1.165, 1.54) is 0 Å². The van der Waals surface area contributed by atoms with Crippen molar-refractivity contribution >= 4 is 26.8 Å². The summed E-state index contributed by atoms with van der Waals surface area (Å²) in [5, 5.41) is 0.332. The van der Waals surface area contributed by atoms with Gasteiger partial charge in [0.1, 0.15) is 0 Å². The average Bonchev–Trinajstić information content (AvgIpc) is 2.93. The minimum absolute atomic E-state index is 0.265. The molecule has 0 spiro atoms. The number of rotatable bonds is 3. The Morgan fingerprint density at radius 2 is 2.19 bits per heavy atom. The van der Waals surface area contributed by atoms with Gasteiger partial charge in [0.2, 0.25) is 0 Å². The lowest BCUT2D eigenvalue weighted by molar-refractivity contribution is 0.126. The summed E-state index contributed by atoms with van der Waals surface area (Å²) in [7, 11) is -3.39. The Labute approximate surface area is 124 Å². The molecular weight excluding hydrogens is 286 g/mol. The van der Waals surface area contributed by atoms with Gasteiger partial charge in [0.25, 0.3) is 0 Å². The minimum Gasteiger partial charge on any atom is -0.377 e. The molecule has 0 bridgehead atoms. The third-order valence-corrected chi connectivity index (χ3v) is 6.33. The molecule has 4 nitrogen and oxygen atoms in total. The van der Waals surface area contributed by atoms with Gasteiger partial charge in [-0.15, -0.1) is 0 Å². The van der Waals surface area contributed by atoms with Crippen LogP contribution in [0.25, 0.3) is 17.0 Å². The second kappa shape index (κ2) is 5.24. The van der Waals surface area contributed by atoms with E-state index < -0.39 is 15.1 Å². The van der Waals surface area contributed by atoms with Crippen LogP contribution < -0.4 is 0 Å². The van der Waals surface area contributed by atoms with Crippen LogP contribution in [-0.2, 0) is 14.6 Å². The zero-order valence-corrected chi connectivity index (χ0v) is 12.6. The largest absolute Gasteiger partial charge is 0.377 e. The van der Waals surface area contributed by atoms with E-state index in [0.29, 0.717) is 17.9 Å². The van der Waals surface area contributed by atoms with Crippen molar-refractivity contribution in [3.63, 3.8) is 0 Å². The molecule has 0 aliphatic carbocycles. The molecule has 2 atom stereocenters. The van der Waals surface area contributed by atoms with Crippen molar-refractivity contribution in [2.75, 3.05) is 6.61 Å². The molecule has 21 heavy (non-hydrogen) atoms. The average molecular weight is 303 g/mol. The van der Waals surface area contributed by atoms with Crippen LogP contribution in [0.2, 0.25) is 0 Å². The highest BCUT2D eigenvalue weighted by molar-refractivity contribution is 7.92. The molecule has 2 unspecified atom stereocenters. The molecule has 3 rings (SSSR count). The van der Waals surface area contributed by atoms with Gasteiger partial charge in [0, 0.05) is 18.2 Å². The van der Waals surface area contributed by atoms with Gasteiger partial charge in [-0.25, -0.2) is 8.42 Å². The summed E-state index contributed by atoms with van der Waals surface area (Å²) in [5.74, 6) is 0. The SMILES string of the molecule is C=Cc1ccnc2ccc(S(=O)(=O)C3CCOC3C)cc12. The van der Waals surface area contributed by atoms with Gasteiger partial charge >= 0.3 is 0 Å². The molecule has 1 fully saturated rings. The predicted octanol–water partition coefficient (Wildman–Crippen LogP) is 2.83. The molecule has 0 N–H and O–H groups in total. The number of aromatic nitrogens is 1. The van der Waals surface area contributed by atoms with E-state index in [1.807, 2.05) is 13.0 Å². The summed E-state index contributed by atoms with van der Waals surface area (Å²) in [5.41, 5.74) is 1.65. The van der Waals surface area contributed by atoms with E-state index in [-0.39, 0.29) is 6.10 Å². The van der Waals surface area contributed by atoms with Crippen molar-refractivity contribution in [2.45, 2.75) is 29.6 Å². The fourth-order valence-electron chi connectivity index (χ4n) is 2.80. The van der Waals surface area contributed by atoms with Gasteiger partial charge in [0.05, 0.1) is 21.8 Å². The summed E-state index contributed by atoms with van der Waals surface area (Å²) in [6.07, 6.45) is 3.68. The Bertz CT molecular complexity index is 798. The van der Waals surface area contributed by atoms with Crippen LogP contribution in [0.5, 0.6) is 0 Å². The first-order valence-corrected chi connectivity index (χ1v) is 8.45. The van der Waals surface area contributed by atoms with Crippen molar-refractivity contribution < 1.29 is 13.2 Å².